The van der Waals surface area contributed by atoms with Crippen LogP contribution in [0.4, 0.5) is 10.5 Å². The van der Waals surface area contributed by atoms with E-state index in [1.165, 1.54) is 19.2 Å². The molecular formula is C21H20ClN3O5. The second-order valence-corrected chi connectivity index (χ2v) is 7.11. The maximum absolute atomic E-state index is 13.1. The summed E-state index contributed by atoms with van der Waals surface area (Å²) in [7, 11) is 1.23. The molecule has 9 heteroatoms. The topological polar surface area (TPSA) is 105 Å². The predicted molar refractivity (Wildman–Crippen MR) is 110 cm³/mol. The molecule has 156 valence electrons. The number of nitrogens with zero attached hydrogens (tertiary/aromatic N) is 1. The number of amides is 4. The van der Waals surface area contributed by atoms with Crippen LogP contribution in [0.2, 0.25) is 5.02 Å². The Balaban J connectivity index is 1.80. The van der Waals surface area contributed by atoms with Crippen LogP contribution in [-0.2, 0) is 19.9 Å². The number of imide groups is 1. The average molecular weight is 430 g/mol. The summed E-state index contributed by atoms with van der Waals surface area (Å²) in [5.74, 6) is -1.78. The van der Waals surface area contributed by atoms with Gasteiger partial charge in [-0.1, -0.05) is 42.8 Å². The van der Waals surface area contributed by atoms with Crippen LogP contribution in [0.25, 0.3) is 0 Å². The van der Waals surface area contributed by atoms with Crippen molar-refractivity contribution in [3.63, 3.8) is 0 Å². The van der Waals surface area contributed by atoms with E-state index in [1.807, 2.05) is 0 Å². The van der Waals surface area contributed by atoms with Gasteiger partial charge in [0.05, 0.1) is 18.4 Å². The van der Waals surface area contributed by atoms with E-state index in [1.54, 1.807) is 43.3 Å². The Bertz CT molecular complexity index is 1010. The summed E-state index contributed by atoms with van der Waals surface area (Å²) in [4.78, 5) is 50.9. The molecule has 1 atom stereocenters. The summed E-state index contributed by atoms with van der Waals surface area (Å²) in [6.07, 6.45) is 0.294. The summed E-state index contributed by atoms with van der Waals surface area (Å²) >= 11 is 5.92. The minimum atomic E-state index is -1.27. The van der Waals surface area contributed by atoms with Crippen molar-refractivity contribution >= 4 is 41.1 Å². The number of urea groups is 1. The SMILES string of the molecule is CC[C@@]1(c2ccc(Cl)cc2)NC(=O)N(CC(=O)Nc2ccccc2C(=O)OC)C1=O. The molecule has 2 aromatic rings. The Morgan fingerprint density at radius 3 is 2.43 bits per heavy atom. The zero-order chi connectivity index (χ0) is 21.9. The Labute approximate surface area is 178 Å². The Hall–Kier alpha value is -3.39. The number of hydrogen-bond donors (Lipinski definition) is 2. The smallest absolute Gasteiger partial charge is 0.339 e. The van der Waals surface area contributed by atoms with E-state index in [4.69, 9.17) is 16.3 Å². The lowest BCUT2D eigenvalue weighted by Gasteiger charge is -2.25. The number of esters is 1. The standard InChI is InChI=1S/C21H20ClN3O5/c1-3-21(13-8-10-14(22)11-9-13)19(28)25(20(29)24-21)12-17(26)23-16-7-5-4-6-15(16)18(27)30-2/h4-11H,3,12H2,1-2H3,(H,23,26)(H,24,29)/t21-/m0/s1. The Morgan fingerprint density at radius 2 is 1.80 bits per heavy atom. The number of rotatable bonds is 6. The van der Waals surface area contributed by atoms with Crippen molar-refractivity contribution in [2.75, 3.05) is 19.0 Å². The quantitative estimate of drug-likeness (QED) is 0.542. The summed E-state index contributed by atoms with van der Waals surface area (Å²) in [6, 6.07) is 12.2. The lowest BCUT2D eigenvalue weighted by Crippen LogP contribution is -2.44. The monoisotopic (exact) mass is 429 g/mol. The number of benzene rings is 2. The Kier molecular flexibility index (Phi) is 6.07. The van der Waals surface area contributed by atoms with Gasteiger partial charge in [0.15, 0.2) is 0 Å². The fraction of sp³-hybridized carbons (Fsp3) is 0.238. The number of anilines is 1. The number of methoxy groups -OCH3 is 1. The minimum absolute atomic E-state index is 0.162. The van der Waals surface area contributed by atoms with Gasteiger partial charge < -0.3 is 15.4 Å². The molecule has 3 rings (SSSR count). The third-order valence-corrected chi connectivity index (χ3v) is 5.20. The van der Waals surface area contributed by atoms with Crippen molar-refractivity contribution in [3.05, 3.63) is 64.7 Å². The number of halogens is 1. The minimum Gasteiger partial charge on any atom is -0.465 e. The van der Waals surface area contributed by atoms with Crippen molar-refractivity contribution in [3.8, 4) is 0 Å². The van der Waals surface area contributed by atoms with Gasteiger partial charge in [-0.25, -0.2) is 9.59 Å². The second-order valence-electron chi connectivity index (χ2n) is 6.67. The molecule has 2 N–H and O–H groups in total. The summed E-state index contributed by atoms with van der Waals surface area (Å²) < 4.78 is 4.70. The number of nitrogens with one attached hydrogen (secondary N) is 2. The zero-order valence-corrected chi connectivity index (χ0v) is 17.2. The van der Waals surface area contributed by atoms with Crippen LogP contribution in [0.3, 0.4) is 0 Å². The first-order chi connectivity index (χ1) is 14.3. The van der Waals surface area contributed by atoms with Gasteiger partial charge in [0.2, 0.25) is 5.91 Å². The molecule has 0 aliphatic carbocycles. The van der Waals surface area contributed by atoms with E-state index in [0.717, 1.165) is 4.90 Å². The molecule has 1 aliphatic rings. The third kappa shape index (κ3) is 3.86. The highest BCUT2D eigenvalue weighted by Gasteiger charge is 2.51. The molecule has 1 heterocycles. The first-order valence-electron chi connectivity index (χ1n) is 9.19. The number of carbonyl (C=O) groups is 4. The van der Waals surface area contributed by atoms with Gasteiger partial charge in [-0.2, -0.15) is 0 Å². The normalized spacial score (nSPS) is 18.2. The summed E-state index contributed by atoms with van der Waals surface area (Å²) in [5.41, 5.74) is -0.312. The first-order valence-corrected chi connectivity index (χ1v) is 9.57. The molecular weight excluding hydrogens is 410 g/mol. The zero-order valence-electron chi connectivity index (χ0n) is 16.4. The largest absolute Gasteiger partial charge is 0.465 e. The van der Waals surface area contributed by atoms with Crippen LogP contribution in [0.15, 0.2) is 48.5 Å². The lowest BCUT2D eigenvalue weighted by molar-refractivity contribution is -0.134. The van der Waals surface area contributed by atoms with E-state index < -0.39 is 35.9 Å². The van der Waals surface area contributed by atoms with Crippen molar-refractivity contribution in [1.29, 1.82) is 0 Å². The van der Waals surface area contributed by atoms with Gasteiger partial charge >= 0.3 is 12.0 Å². The molecule has 0 radical (unpaired) electrons. The van der Waals surface area contributed by atoms with Crippen LogP contribution in [-0.4, -0.2) is 42.4 Å². The Morgan fingerprint density at radius 1 is 1.13 bits per heavy atom. The number of carbonyl (C=O) groups excluding carboxylic acids is 4. The van der Waals surface area contributed by atoms with Crippen molar-refractivity contribution < 1.29 is 23.9 Å². The average Bonchev–Trinajstić information content (AvgIpc) is 2.99. The molecule has 1 fully saturated rings. The molecule has 0 unspecified atom stereocenters. The van der Waals surface area contributed by atoms with Gasteiger partial charge in [-0.3, -0.25) is 14.5 Å². The van der Waals surface area contributed by atoms with Gasteiger partial charge in [-0.15, -0.1) is 0 Å². The second kappa shape index (κ2) is 8.54. The van der Waals surface area contributed by atoms with Crippen LogP contribution >= 0.6 is 11.6 Å². The fourth-order valence-electron chi connectivity index (χ4n) is 3.36. The van der Waals surface area contributed by atoms with Crippen molar-refractivity contribution in [1.82, 2.24) is 10.2 Å². The molecule has 1 saturated heterocycles. The number of hydrogen-bond acceptors (Lipinski definition) is 5. The molecule has 2 aromatic carbocycles. The van der Waals surface area contributed by atoms with Gasteiger partial charge in [-0.05, 0) is 36.2 Å². The highest BCUT2D eigenvalue weighted by atomic mass is 35.5. The molecule has 8 nitrogen and oxygen atoms in total. The van der Waals surface area contributed by atoms with Gasteiger partial charge in [0, 0.05) is 5.02 Å². The molecule has 0 saturated carbocycles. The van der Waals surface area contributed by atoms with Gasteiger partial charge in [0.1, 0.15) is 12.1 Å². The maximum Gasteiger partial charge on any atom is 0.339 e. The number of ether oxygens (including phenoxy) is 1. The van der Waals surface area contributed by atoms with E-state index in [2.05, 4.69) is 10.6 Å². The number of para-hydroxylation sites is 1. The summed E-state index contributed by atoms with van der Waals surface area (Å²) in [5, 5.41) is 5.76. The van der Waals surface area contributed by atoms with Crippen molar-refractivity contribution in [2.45, 2.75) is 18.9 Å². The fourth-order valence-corrected chi connectivity index (χ4v) is 3.48. The lowest BCUT2D eigenvalue weighted by atomic mass is 9.87. The third-order valence-electron chi connectivity index (χ3n) is 4.95. The maximum atomic E-state index is 13.1. The molecule has 0 bridgehead atoms. The van der Waals surface area contributed by atoms with E-state index in [0.29, 0.717) is 17.0 Å². The van der Waals surface area contributed by atoms with E-state index in [-0.39, 0.29) is 11.3 Å². The molecule has 0 aromatic heterocycles. The summed E-state index contributed by atoms with van der Waals surface area (Å²) in [6.45, 7) is 1.26. The predicted octanol–water partition coefficient (Wildman–Crippen LogP) is 2.92. The first kappa shape index (κ1) is 21.3. The van der Waals surface area contributed by atoms with E-state index in [9.17, 15) is 19.2 Å². The van der Waals surface area contributed by atoms with Crippen molar-refractivity contribution in [2.24, 2.45) is 0 Å². The molecule has 4 amide bonds. The van der Waals surface area contributed by atoms with Crippen LogP contribution in [0.1, 0.15) is 29.3 Å². The highest BCUT2D eigenvalue weighted by Crippen LogP contribution is 2.33. The highest BCUT2D eigenvalue weighted by molar-refractivity contribution is 6.30. The molecule has 1 aliphatic heterocycles. The molecule has 0 spiro atoms. The van der Waals surface area contributed by atoms with Crippen LogP contribution in [0.5, 0.6) is 0 Å². The van der Waals surface area contributed by atoms with E-state index >= 15 is 0 Å². The molecule has 30 heavy (non-hydrogen) atoms. The van der Waals surface area contributed by atoms with Crippen LogP contribution in [0, 0.1) is 0 Å². The van der Waals surface area contributed by atoms with Gasteiger partial charge in [0.25, 0.3) is 5.91 Å². The van der Waals surface area contributed by atoms with Crippen LogP contribution < -0.4 is 10.6 Å².